The zero-order chi connectivity index (χ0) is 7.68. The van der Waals surface area contributed by atoms with E-state index in [0.717, 1.165) is 6.21 Å². The molecule has 11 heavy (non-hydrogen) atoms. The second-order valence-corrected chi connectivity index (χ2v) is 2.22. The van der Waals surface area contributed by atoms with Crippen molar-refractivity contribution in [1.82, 2.24) is 0 Å². The van der Waals surface area contributed by atoms with Crippen LogP contribution >= 0.6 is 0 Å². The number of rotatable bonds is 1. The fourth-order valence-corrected chi connectivity index (χ4v) is 0.987. The number of nitrogens with one attached hydrogen (secondary N) is 1. The first-order valence-corrected chi connectivity index (χ1v) is 3.33. The molecule has 0 fully saturated rings. The molecule has 56 valence electrons. The fraction of sp³-hybridized carbons (Fsp3) is 0.125. The summed E-state index contributed by atoms with van der Waals surface area (Å²) in [7, 11) is 0. The topological polar surface area (TPSA) is 42.3 Å². The molecule has 1 N–H and O–H groups in total. The molecule has 0 radical (unpaired) electrons. The Balaban J connectivity index is 2.33. The van der Waals surface area contributed by atoms with Gasteiger partial charge < -0.3 is 14.9 Å². The number of benzene rings is 1. The largest absolute Gasteiger partial charge is 0.446 e. The van der Waals surface area contributed by atoms with E-state index >= 15 is 0 Å². The molecule has 0 aliphatic carbocycles. The van der Waals surface area contributed by atoms with Crippen LogP contribution in [-0.4, -0.2) is 12.5 Å². The van der Waals surface area contributed by atoms with Gasteiger partial charge in [-0.1, -0.05) is 12.1 Å². The molecule has 3 nitrogen and oxygen atoms in total. The molecule has 1 aromatic carbocycles. The van der Waals surface area contributed by atoms with E-state index in [4.69, 9.17) is 14.9 Å². The lowest BCUT2D eigenvalue weighted by atomic mass is 10.3. The third kappa shape index (κ3) is 0.941. The fourth-order valence-electron chi connectivity index (χ4n) is 0.987. The summed E-state index contributed by atoms with van der Waals surface area (Å²) in [5.74, 6) is 1.42. The van der Waals surface area contributed by atoms with Crippen LogP contribution in [0.2, 0.25) is 0 Å². The number of ether oxygens (including phenoxy) is 2. The van der Waals surface area contributed by atoms with E-state index in [2.05, 4.69) is 0 Å². The highest BCUT2D eigenvalue weighted by Crippen LogP contribution is 2.32. The van der Waals surface area contributed by atoms with Crippen molar-refractivity contribution in [2.45, 2.75) is 6.29 Å². The smallest absolute Gasteiger partial charge is 0.277 e. The van der Waals surface area contributed by atoms with Crippen LogP contribution in [-0.2, 0) is 0 Å². The minimum Gasteiger partial charge on any atom is -0.446 e. The van der Waals surface area contributed by atoms with Crippen LogP contribution in [0, 0.1) is 5.41 Å². The van der Waals surface area contributed by atoms with Crippen molar-refractivity contribution < 1.29 is 9.47 Å². The van der Waals surface area contributed by atoms with Gasteiger partial charge in [-0.3, -0.25) is 0 Å². The Kier molecular flexibility index (Phi) is 1.28. The van der Waals surface area contributed by atoms with Gasteiger partial charge in [-0.05, 0) is 12.1 Å². The molecule has 0 spiro atoms. The summed E-state index contributed by atoms with van der Waals surface area (Å²) < 4.78 is 10.4. The van der Waals surface area contributed by atoms with Gasteiger partial charge in [0.2, 0.25) is 0 Å². The Bertz CT molecular complexity index is 260. The summed E-state index contributed by atoms with van der Waals surface area (Å²) in [5.41, 5.74) is 0. The van der Waals surface area contributed by atoms with Crippen molar-refractivity contribution in [3.63, 3.8) is 0 Å². The number of fused-ring (bicyclic) bond motifs is 1. The standard InChI is InChI=1S/C8H7NO2/c9-5-8-10-6-3-1-2-4-7(6)11-8/h1-5,8-9H. The van der Waals surface area contributed by atoms with Crippen molar-refractivity contribution in [2.75, 3.05) is 0 Å². The van der Waals surface area contributed by atoms with Gasteiger partial charge in [-0.25, -0.2) is 0 Å². The molecule has 0 atom stereocenters. The molecular weight excluding hydrogens is 142 g/mol. The Morgan fingerprint density at radius 1 is 1.18 bits per heavy atom. The number of para-hydroxylation sites is 2. The van der Waals surface area contributed by atoms with Crippen LogP contribution < -0.4 is 9.47 Å². The third-order valence-corrected chi connectivity index (χ3v) is 1.47. The van der Waals surface area contributed by atoms with E-state index in [0.29, 0.717) is 11.5 Å². The van der Waals surface area contributed by atoms with Crippen LogP contribution in [0.5, 0.6) is 11.5 Å². The van der Waals surface area contributed by atoms with E-state index in [1.807, 2.05) is 24.3 Å². The molecule has 0 bridgehead atoms. The molecule has 0 aromatic heterocycles. The first-order chi connectivity index (χ1) is 5.40. The van der Waals surface area contributed by atoms with Crippen molar-refractivity contribution in [1.29, 1.82) is 5.41 Å². The van der Waals surface area contributed by atoms with Gasteiger partial charge in [-0.15, -0.1) is 0 Å². The van der Waals surface area contributed by atoms with Crippen LogP contribution in [0.3, 0.4) is 0 Å². The molecule has 1 aromatic rings. The Morgan fingerprint density at radius 2 is 1.73 bits per heavy atom. The zero-order valence-corrected chi connectivity index (χ0v) is 5.78. The SMILES string of the molecule is N=CC1Oc2ccccc2O1. The van der Waals surface area contributed by atoms with E-state index < -0.39 is 6.29 Å². The van der Waals surface area contributed by atoms with Crippen molar-refractivity contribution >= 4 is 6.21 Å². The molecular formula is C8H7NO2. The van der Waals surface area contributed by atoms with E-state index in [1.165, 1.54) is 0 Å². The Morgan fingerprint density at radius 3 is 2.18 bits per heavy atom. The third-order valence-electron chi connectivity index (χ3n) is 1.47. The van der Waals surface area contributed by atoms with Gasteiger partial charge in [-0.2, -0.15) is 0 Å². The molecule has 0 amide bonds. The summed E-state index contributed by atoms with van der Waals surface area (Å²) in [5, 5.41) is 6.90. The molecule has 2 rings (SSSR count). The molecule has 0 saturated carbocycles. The lowest BCUT2D eigenvalue weighted by Crippen LogP contribution is -2.18. The maximum atomic E-state index is 6.90. The van der Waals surface area contributed by atoms with E-state index in [1.54, 1.807) is 0 Å². The summed E-state index contributed by atoms with van der Waals surface area (Å²) in [6.07, 6.45) is 0.590. The summed E-state index contributed by atoms with van der Waals surface area (Å²) in [4.78, 5) is 0. The molecule has 1 aliphatic heterocycles. The quantitative estimate of drug-likeness (QED) is 0.614. The van der Waals surface area contributed by atoms with Crippen LogP contribution in [0.1, 0.15) is 0 Å². The number of hydrogen-bond donors (Lipinski definition) is 1. The molecule has 0 unspecified atom stereocenters. The first-order valence-electron chi connectivity index (χ1n) is 3.33. The normalized spacial score (nSPS) is 14.9. The summed E-state index contributed by atoms with van der Waals surface area (Å²) >= 11 is 0. The van der Waals surface area contributed by atoms with Crippen LogP contribution in [0.15, 0.2) is 24.3 Å². The van der Waals surface area contributed by atoms with E-state index in [-0.39, 0.29) is 0 Å². The minimum atomic E-state index is -0.535. The predicted octanol–water partition coefficient (Wildman–Crippen LogP) is 1.43. The van der Waals surface area contributed by atoms with Gasteiger partial charge in [0, 0.05) is 0 Å². The Hall–Kier alpha value is -1.51. The highest BCUT2D eigenvalue weighted by Gasteiger charge is 2.20. The lowest BCUT2D eigenvalue weighted by molar-refractivity contribution is 0.118. The lowest BCUT2D eigenvalue weighted by Gasteiger charge is -2.00. The molecule has 0 saturated heterocycles. The van der Waals surface area contributed by atoms with Crippen LogP contribution in [0.4, 0.5) is 0 Å². The molecule has 3 heteroatoms. The maximum Gasteiger partial charge on any atom is 0.277 e. The second-order valence-electron chi connectivity index (χ2n) is 2.22. The number of hydrogen-bond acceptors (Lipinski definition) is 3. The second kappa shape index (κ2) is 2.27. The van der Waals surface area contributed by atoms with Crippen molar-refractivity contribution in [2.24, 2.45) is 0 Å². The Labute approximate surface area is 64.1 Å². The van der Waals surface area contributed by atoms with Crippen molar-refractivity contribution in [3.05, 3.63) is 24.3 Å². The van der Waals surface area contributed by atoms with Crippen molar-refractivity contribution in [3.8, 4) is 11.5 Å². The summed E-state index contributed by atoms with van der Waals surface area (Å²) in [6.45, 7) is 0. The van der Waals surface area contributed by atoms with Gasteiger partial charge in [0.05, 0.1) is 6.21 Å². The molecule has 1 aliphatic rings. The highest BCUT2D eigenvalue weighted by atomic mass is 16.7. The summed E-state index contributed by atoms with van der Waals surface area (Å²) in [6, 6.07) is 7.38. The average molecular weight is 149 g/mol. The minimum absolute atomic E-state index is 0.535. The van der Waals surface area contributed by atoms with Crippen LogP contribution in [0.25, 0.3) is 0 Å². The van der Waals surface area contributed by atoms with Gasteiger partial charge in [0.15, 0.2) is 11.5 Å². The molecule has 1 heterocycles. The zero-order valence-electron chi connectivity index (χ0n) is 5.78. The van der Waals surface area contributed by atoms with Gasteiger partial charge in [0.25, 0.3) is 6.29 Å². The highest BCUT2D eigenvalue weighted by molar-refractivity contribution is 5.61. The average Bonchev–Trinajstić information content (AvgIpc) is 2.46. The van der Waals surface area contributed by atoms with E-state index in [9.17, 15) is 0 Å². The van der Waals surface area contributed by atoms with Gasteiger partial charge in [0.1, 0.15) is 0 Å². The first kappa shape index (κ1) is 6.22. The predicted molar refractivity (Wildman–Crippen MR) is 40.3 cm³/mol. The maximum absolute atomic E-state index is 6.90. The van der Waals surface area contributed by atoms with Gasteiger partial charge >= 0.3 is 0 Å². The monoisotopic (exact) mass is 149 g/mol.